The number of halogens is 1. The second kappa shape index (κ2) is 9.05. The Hall–Kier alpha value is -0.0300. The van der Waals surface area contributed by atoms with Gasteiger partial charge in [-0.05, 0) is 29.9 Å². The van der Waals surface area contributed by atoms with E-state index in [1.165, 1.54) is 5.56 Å². The molecular weight excluding hydrogens is 286 g/mol. The van der Waals surface area contributed by atoms with E-state index in [9.17, 15) is 0 Å². The number of rotatable bonds is 8. The molecular formula is C12H18BrNOS. The Kier molecular flexibility index (Phi) is 7.93. The van der Waals surface area contributed by atoms with Gasteiger partial charge in [-0.25, -0.2) is 0 Å². The maximum Gasteiger partial charge on any atom is 0.0438 e. The van der Waals surface area contributed by atoms with Crippen LogP contribution in [0.15, 0.2) is 28.7 Å². The Labute approximate surface area is 110 Å². The first-order valence-electron chi connectivity index (χ1n) is 5.46. The van der Waals surface area contributed by atoms with Gasteiger partial charge in [-0.3, -0.25) is 0 Å². The summed E-state index contributed by atoms with van der Waals surface area (Å²) in [4.78, 5) is 0. The van der Waals surface area contributed by atoms with Crippen LogP contribution in [0.1, 0.15) is 12.0 Å². The van der Waals surface area contributed by atoms with Crippen LogP contribution >= 0.6 is 27.7 Å². The molecule has 90 valence electrons. The van der Waals surface area contributed by atoms with Crippen molar-refractivity contribution in [3.8, 4) is 0 Å². The molecule has 0 amide bonds. The van der Waals surface area contributed by atoms with Crippen molar-refractivity contribution in [1.82, 2.24) is 5.32 Å². The monoisotopic (exact) mass is 303 g/mol. The molecule has 16 heavy (non-hydrogen) atoms. The number of hydrogen-bond donors (Lipinski definition) is 2. The molecule has 4 heteroatoms. The molecule has 1 aromatic rings. The number of thioether (sulfide) groups is 1. The van der Waals surface area contributed by atoms with Crippen LogP contribution in [-0.2, 0) is 6.54 Å². The highest BCUT2D eigenvalue weighted by molar-refractivity contribution is 9.10. The fourth-order valence-electron chi connectivity index (χ4n) is 1.29. The molecule has 0 heterocycles. The van der Waals surface area contributed by atoms with E-state index in [4.69, 9.17) is 5.11 Å². The molecule has 0 aromatic heterocycles. The summed E-state index contributed by atoms with van der Waals surface area (Å²) in [6.07, 6.45) is 0.899. The number of aliphatic hydroxyl groups is 1. The van der Waals surface area contributed by atoms with Crippen LogP contribution in [0.2, 0.25) is 0 Å². The van der Waals surface area contributed by atoms with E-state index >= 15 is 0 Å². The summed E-state index contributed by atoms with van der Waals surface area (Å²) in [5.41, 5.74) is 1.30. The van der Waals surface area contributed by atoms with Crippen molar-refractivity contribution >= 4 is 27.7 Å². The fourth-order valence-corrected chi connectivity index (χ4v) is 2.57. The quantitative estimate of drug-likeness (QED) is 0.724. The van der Waals surface area contributed by atoms with Crippen LogP contribution in [0.3, 0.4) is 0 Å². The molecule has 0 saturated heterocycles. The van der Waals surface area contributed by atoms with Gasteiger partial charge in [0.05, 0.1) is 0 Å². The van der Waals surface area contributed by atoms with Crippen LogP contribution < -0.4 is 5.32 Å². The van der Waals surface area contributed by atoms with E-state index in [2.05, 4.69) is 39.4 Å². The topological polar surface area (TPSA) is 32.3 Å². The van der Waals surface area contributed by atoms with E-state index in [0.29, 0.717) is 6.61 Å². The Morgan fingerprint density at radius 2 is 2.19 bits per heavy atom. The minimum atomic E-state index is 0.304. The molecule has 0 atom stereocenters. The Bertz CT molecular complexity index is 296. The van der Waals surface area contributed by atoms with Crippen molar-refractivity contribution < 1.29 is 5.11 Å². The first-order chi connectivity index (χ1) is 7.83. The van der Waals surface area contributed by atoms with Gasteiger partial charge in [0.25, 0.3) is 0 Å². The summed E-state index contributed by atoms with van der Waals surface area (Å²) >= 11 is 5.34. The maximum absolute atomic E-state index is 8.61. The Morgan fingerprint density at radius 3 is 2.94 bits per heavy atom. The van der Waals surface area contributed by atoms with Gasteiger partial charge in [-0.2, -0.15) is 11.8 Å². The summed E-state index contributed by atoms with van der Waals surface area (Å²) in [5, 5.41) is 12.0. The van der Waals surface area contributed by atoms with E-state index < -0.39 is 0 Å². The predicted molar refractivity (Wildman–Crippen MR) is 74.9 cm³/mol. The lowest BCUT2D eigenvalue weighted by molar-refractivity contribution is 0.296. The minimum Gasteiger partial charge on any atom is -0.396 e. The number of benzene rings is 1. The Morgan fingerprint density at radius 1 is 1.31 bits per heavy atom. The summed E-state index contributed by atoms with van der Waals surface area (Å²) in [5.74, 6) is 2.16. The van der Waals surface area contributed by atoms with Gasteiger partial charge in [0, 0.05) is 29.9 Å². The van der Waals surface area contributed by atoms with Gasteiger partial charge in [0.1, 0.15) is 0 Å². The zero-order valence-electron chi connectivity index (χ0n) is 9.29. The van der Waals surface area contributed by atoms with Crippen LogP contribution in [0, 0.1) is 0 Å². The van der Waals surface area contributed by atoms with Gasteiger partial charge in [0.15, 0.2) is 0 Å². The van der Waals surface area contributed by atoms with Crippen molar-refractivity contribution in [2.75, 3.05) is 24.7 Å². The highest BCUT2D eigenvalue weighted by Crippen LogP contribution is 2.11. The van der Waals surface area contributed by atoms with E-state index in [0.717, 1.165) is 35.5 Å². The molecule has 2 nitrogen and oxygen atoms in total. The summed E-state index contributed by atoms with van der Waals surface area (Å²) < 4.78 is 1.13. The first kappa shape index (κ1) is 14.0. The largest absolute Gasteiger partial charge is 0.396 e. The van der Waals surface area contributed by atoms with Gasteiger partial charge in [-0.15, -0.1) is 0 Å². The van der Waals surface area contributed by atoms with Gasteiger partial charge >= 0.3 is 0 Å². The average Bonchev–Trinajstić information content (AvgIpc) is 2.28. The molecule has 0 fully saturated rings. The molecule has 0 saturated carbocycles. The number of aliphatic hydroxyl groups excluding tert-OH is 1. The second-order valence-corrected chi connectivity index (χ2v) is 5.64. The number of hydrogen-bond acceptors (Lipinski definition) is 3. The summed E-state index contributed by atoms with van der Waals surface area (Å²) in [7, 11) is 0. The normalized spacial score (nSPS) is 10.6. The average molecular weight is 304 g/mol. The van der Waals surface area contributed by atoms with Crippen LogP contribution in [0.4, 0.5) is 0 Å². The van der Waals surface area contributed by atoms with Crippen molar-refractivity contribution in [3.63, 3.8) is 0 Å². The van der Waals surface area contributed by atoms with Crippen LogP contribution in [0.25, 0.3) is 0 Å². The second-order valence-electron chi connectivity index (χ2n) is 3.50. The van der Waals surface area contributed by atoms with E-state index in [1.54, 1.807) is 0 Å². The molecule has 0 aliphatic rings. The first-order valence-corrected chi connectivity index (χ1v) is 7.41. The third-order valence-corrected chi connectivity index (χ3v) is 3.65. The lowest BCUT2D eigenvalue weighted by Crippen LogP contribution is -2.16. The predicted octanol–water partition coefficient (Wildman–Crippen LogP) is 2.65. The lowest BCUT2D eigenvalue weighted by Gasteiger charge is -2.05. The standard InChI is InChI=1S/C12H18BrNOS/c13-12-4-1-3-11(9-12)10-14-5-8-16-7-2-6-15/h1,3-4,9,14-15H,2,5-8,10H2. The van der Waals surface area contributed by atoms with Crippen molar-refractivity contribution in [3.05, 3.63) is 34.3 Å². The molecule has 0 unspecified atom stereocenters. The molecule has 0 spiro atoms. The van der Waals surface area contributed by atoms with E-state index in [-0.39, 0.29) is 0 Å². The molecule has 2 N–H and O–H groups in total. The smallest absolute Gasteiger partial charge is 0.0438 e. The molecule has 0 radical (unpaired) electrons. The molecule has 0 aliphatic carbocycles. The lowest BCUT2D eigenvalue weighted by atomic mass is 10.2. The summed E-state index contributed by atoms with van der Waals surface area (Å²) in [6.45, 7) is 2.24. The minimum absolute atomic E-state index is 0.304. The zero-order chi connectivity index (χ0) is 11.6. The Balaban J connectivity index is 2.03. The van der Waals surface area contributed by atoms with Crippen LogP contribution in [-0.4, -0.2) is 29.8 Å². The molecule has 1 rings (SSSR count). The van der Waals surface area contributed by atoms with E-state index in [1.807, 2.05) is 17.8 Å². The molecule has 0 aliphatic heterocycles. The van der Waals surface area contributed by atoms with Crippen molar-refractivity contribution in [2.45, 2.75) is 13.0 Å². The third-order valence-electron chi connectivity index (χ3n) is 2.09. The highest BCUT2D eigenvalue weighted by atomic mass is 79.9. The maximum atomic E-state index is 8.61. The SMILES string of the molecule is OCCCSCCNCc1cccc(Br)c1. The van der Waals surface area contributed by atoms with Crippen molar-refractivity contribution in [2.24, 2.45) is 0 Å². The molecule has 0 bridgehead atoms. The van der Waals surface area contributed by atoms with Gasteiger partial charge in [-0.1, -0.05) is 28.1 Å². The summed E-state index contributed by atoms with van der Waals surface area (Å²) in [6, 6.07) is 8.34. The third kappa shape index (κ3) is 6.53. The highest BCUT2D eigenvalue weighted by Gasteiger charge is 1.94. The number of nitrogens with one attached hydrogen (secondary N) is 1. The van der Waals surface area contributed by atoms with Gasteiger partial charge < -0.3 is 10.4 Å². The van der Waals surface area contributed by atoms with Crippen molar-refractivity contribution in [1.29, 1.82) is 0 Å². The zero-order valence-corrected chi connectivity index (χ0v) is 11.7. The van der Waals surface area contributed by atoms with Crippen LogP contribution in [0.5, 0.6) is 0 Å². The van der Waals surface area contributed by atoms with Gasteiger partial charge in [0.2, 0.25) is 0 Å². The molecule has 1 aromatic carbocycles. The fraction of sp³-hybridized carbons (Fsp3) is 0.500.